The van der Waals surface area contributed by atoms with Crippen molar-refractivity contribution in [1.82, 2.24) is 4.98 Å². The standard InChI is InChI=1S/C21H17F3N2O4Se/c1-2-29-20(28)12-9-11(12)14-4-3-5-15(26-14)17-13-8-10(30-21(22,23)24)6-7-16(13)31-18(17)19(25)27/h3-8,11-12H,2,9H2,1H3,(H2,25,27). The summed E-state index contributed by atoms with van der Waals surface area (Å²) in [5.41, 5.74) is 7.06. The van der Waals surface area contributed by atoms with Gasteiger partial charge in [0.25, 0.3) is 0 Å². The molecule has 31 heavy (non-hydrogen) atoms. The van der Waals surface area contributed by atoms with Crippen LogP contribution in [0.15, 0.2) is 36.4 Å². The number of hydrogen-bond acceptors (Lipinski definition) is 5. The Morgan fingerprint density at radius 1 is 1.26 bits per heavy atom. The summed E-state index contributed by atoms with van der Waals surface area (Å²) in [7, 11) is 0. The second kappa shape index (κ2) is 8.01. The number of rotatable bonds is 6. The SMILES string of the molecule is CCOC(=O)C1CC1c1cccc(-c2c(C(N)=O)[se]c3ccc(OC(F)(F)F)cc23)n1. The first-order chi connectivity index (χ1) is 14.7. The van der Waals surface area contributed by atoms with Gasteiger partial charge >= 0.3 is 181 Å². The number of nitrogens with two attached hydrogens (primary N) is 1. The molecule has 3 aromatic rings. The van der Waals surface area contributed by atoms with E-state index in [1.165, 1.54) is 18.2 Å². The van der Waals surface area contributed by atoms with Crippen molar-refractivity contribution in [3.05, 3.63) is 46.5 Å². The van der Waals surface area contributed by atoms with Crippen LogP contribution in [0.4, 0.5) is 13.2 Å². The molecule has 0 saturated heterocycles. The summed E-state index contributed by atoms with van der Waals surface area (Å²) in [5.74, 6) is -1.67. The zero-order valence-corrected chi connectivity index (χ0v) is 17.9. The monoisotopic (exact) mass is 498 g/mol. The van der Waals surface area contributed by atoms with E-state index in [4.69, 9.17) is 10.5 Å². The molecule has 4 rings (SSSR count). The number of halogens is 3. The second-order valence-electron chi connectivity index (χ2n) is 7.02. The van der Waals surface area contributed by atoms with Gasteiger partial charge in [0, 0.05) is 0 Å². The summed E-state index contributed by atoms with van der Waals surface area (Å²) in [6.07, 6.45) is -4.22. The topological polar surface area (TPSA) is 91.5 Å². The molecule has 1 fully saturated rings. The Kier molecular flexibility index (Phi) is 5.53. The Labute approximate surface area is 180 Å². The van der Waals surface area contributed by atoms with Crippen molar-refractivity contribution in [3.63, 3.8) is 0 Å². The molecule has 10 heteroatoms. The van der Waals surface area contributed by atoms with Crippen molar-refractivity contribution in [3.8, 4) is 17.0 Å². The van der Waals surface area contributed by atoms with Crippen molar-refractivity contribution in [1.29, 1.82) is 0 Å². The molecule has 2 atom stereocenters. The first kappa shape index (κ1) is 21.4. The van der Waals surface area contributed by atoms with Gasteiger partial charge in [0.15, 0.2) is 0 Å². The molecule has 1 amide bonds. The van der Waals surface area contributed by atoms with Crippen LogP contribution < -0.4 is 10.5 Å². The summed E-state index contributed by atoms with van der Waals surface area (Å²) in [5, 5.41) is 0.443. The molecule has 0 radical (unpaired) electrons. The second-order valence-corrected chi connectivity index (χ2v) is 9.23. The third-order valence-corrected chi connectivity index (χ3v) is 7.39. The van der Waals surface area contributed by atoms with Crippen LogP contribution >= 0.6 is 0 Å². The predicted molar refractivity (Wildman–Crippen MR) is 107 cm³/mol. The number of benzene rings is 1. The fourth-order valence-corrected chi connectivity index (χ4v) is 5.72. The van der Waals surface area contributed by atoms with Crippen molar-refractivity contribution in [2.75, 3.05) is 6.61 Å². The molecule has 0 bridgehead atoms. The third-order valence-electron chi connectivity index (χ3n) is 4.90. The average molecular weight is 497 g/mol. The van der Waals surface area contributed by atoms with Gasteiger partial charge in [0.05, 0.1) is 0 Å². The molecule has 1 saturated carbocycles. The van der Waals surface area contributed by atoms with Gasteiger partial charge in [-0.1, -0.05) is 0 Å². The van der Waals surface area contributed by atoms with E-state index in [9.17, 15) is 22.8 Å². The maximum absolute atomic E-state index is 12.7. The Morgan fingerprint density at radius 2 is 2.03 bits per heavy atom. The number of ether oxygens (including phenoxy) is 2. The number of amides is 1. The number of carbonyl (C=O) groups is 2. The molecule has 1 aliphatic carbocycles. The third kappa shape index (κ3) is 4.45. The molecule has 0 aliphatic heterocycles. The quantitative estimate of drug-likeness (QED) is 0.415. The van der Waals surface area contributed by atoms with E-state index in [0.717, 1.165) is 0 Å². The summed E-state index contributed by atoms with van der Waals surface area (Å²) >= 11 is -0.474. The zero-order chi connectivity index (χ0) is 22.3. The fraction of sp³-hybridized carbons (Fsp3) is 0.286. The molecule has 2 N–H and O–H groups in total. The summed E-state index contributed by atoms with van der Waals surface area (Å²) < 4.78 is 48.1. The van der Waals surface area contributed by atoms with E-state index >= 15 is 0 Å². The minimum atomic E-state index is -4.83. The number of nitrogens with zero attached hydrogens (tertiary/aromatic N) is 1. The first-order valence-electron chi connectivity index (χ1n) is 9.44. The Bertz CT molecular complexity index is 1180. The first-order valence-corrected chi connectivity index (χ1v) is 11.1. The van der Waals surface area contributed by atoms with E-state index in [1.54, 1.807) is 25.1 Å². The minimum absolute atomic E-state index is 0.0945. The Balaban J connectivity index is 1.76. The molecule has 2 aromatic heterocycles. The normalized spacial score (nSPS) is 18.1. The molecule has 0 spiro atoms. The molecular formula is C21H17F3N2O4Se. The van der Waals surface area contributed by atoms with E-state index < -0.39 is 26.8 Å². The number of hydrogen-bond donors (Lipinski definition) is 1. The molecule has 2 unspecified atom stereocenters. The van der Waals surface area contributed by atoms with Gasteiger partial charge < -0.3 is 0 Å². The van der Waals surface area contributed by atoms with Crippen molar-refractivity contribution in [2.45, 2.75) is 25.6 Å². The van der Waals surface area contributed by atoms with E-state index in [1.807, 2.05) is 0 Å². The number of pyridine rings is 1. The van der Waals surface area contributed by atoms with Gasteiger partial charge in [0.2, 0.25) is 0 Å². The van der Waals surface area contributed by atoms with Crippen molar-refractivity contribution >= 4 is 36.0 Å². The van der Waals surface area contributed by atoms with Crippen LogP contribution in [0, 0.1) is 5.92 Å². The van der Waals surface area contributed by atoms with Crippen LogP contribution in [0.3, 0.4) is 0 Å². The van der Waals surface area contributed by atoms with E-state index in [-0.39, 0.29) is 23.6 Å². The summed E-state index contributed by atoms with van der Waals surface area (Å²) in [4.78, 5) is 28.7. The Hall–Kier alpha value is -2.84. The fourth-order valence-electron chi connectivity index (χ4n) is 3.53. The van der Waals surface area contributed by atoms with Crippen molar-refractivity contribution < 1.29 is 32.2 Å². The molecule has 2 heterocycles. The number of primary amides is 1. The van der Waals surface area contributed by atoms with E-state index in [2.05, 4.69) is 9.72 Å². The van der Waals surface area contributed by atoms with Crippen LogP contribution in [-0.4, -0.2) is 44.3 Å². The average Bonchev–Trinajstić information content (AvgIpc) is 3.41. The predicted octanol–water partition coefficient (Wildman–Crippen LogP) is 3.62. The molecule has 6 nitrogen and oxygen atoms in total. The van der Waals surface area contributed by atoms with Crippen molar-refractivity contribution in [2.24, 2.45) is 11.7 Å². The van der Waals surface area contributed by atoms with Gasteiger partial charge in [-0.25, -0.2) is 0 Å². The molecule has 1 aromatic carbocycles. The summed E-state index contributed by atoms with van der Waals surface area (Å²) in [6.45, 7) is 2.04. The van der Waals surface area contributed by atoms with Gasteiger partial charge in [0.1, 0.15) is 0 Å². The maximum atomic E-state index is 12.7. The van der Waals surface area contributed by atoms with Gasteiger partial charge in [-0.15, -0.1) is 0 Å². The van der Waals surface area contributed by atoms with Gasteiger partial charge in [-0.05, 0) is 0 Å². The molecule has 162 valence electrons. The van der Waals surface area contributed by atoms with Gasteiger partial charge in [-0.3, -0.25) is 0 Å². The van der Waals surface area contributed by atoms with Crippen LogP contribution in [0.25, 0.3) is 20.9 Å². The van der Waals surface area contributed by atoms with Crippen LogP contribution in [0.1, 0.15) is 34.2 Å². The number of aromatic nitrogens is 1. The number of alkyl halides is 3. The number of carbonyl (C=O) groups excluding carboxylic acids is 2. The number of esters is 1. The van der Waals surface area contributed by atoms with Crippen LogP contribution in [0.2, 0.25) is 0 Å². The zero-order valence-electron chi connectivity index (χ0n) is 16.2. The summed E-state index contributed by atoms with van der Waals surface area (Å²) in [6, 6.07) is 9.17. The van der Waals surface area contributed by atoms with Crippen LogP contribution in [0.5, 0.6) is 5.75 Å². The number of fused-ring (bicyclic) bond motifs is 1. The van der Waals surface area contributed by atoms with Crippen LogP contribution in [-0.2, 0) is 9.53 Å². The van der Waals surface area contributed by atoms with E-state index in [0.29, 0.717) is 44.1 Å². The molecule has 1 aliphatic rings. The molecular weight excluding hydrogens is 480 g/mol. The van der Waals surface area contributed by atoms with Gasteiger partial charge in [-0.2, -0.15) is 0 Å². The Morgan fingerprint density at radius 3 is 2.71 bits per heavy atom.